The Balaban J connectivity index is 1.82. The lowest BCUT2D eigenvalue weighted by Gasteiger charge is -2.14. The molecule has 100 valence electrons. The molecule has 0 amide bonds. The highest BCUT2D eigenvalue weighted by molar-refractivity contribution is 6.30. The Morgan fingerprint density at radius 3 is 2.21 bits per heavy atom. The van der Waals surface area contributed by atoms with Gasteiger partial charge in [0.15, 0.2) is 0 Å². The molecular weight excluding hydrogens is 256 g/mol. The van der Waals surface area contributed by atoms with Gasteiger partial charge in [0.2, 0.25) is 0 Å². The first-order valence-corrected chi connectivity index (χ1v) is 6.83. The third kappa shape index (κ3) is 4.58. The molecule has 1 unspecified atom stereocenters. The summed E-state index contributed by atoms with van der Waals surface area (Å²) in [6, 6.07) is 16.4. The standard InChI is InChI=1S/C16H19ClN2/c1-12(10-13-4-8-16(18)9-5-13)19-11-14-2-6-15(17)7-3-14/h2-9,12,19H,10-11,18H2,1H3. The van der Waals surface area contributed by atoms with Crippen LogP contribution in [0.25, 0.3) is 0 Å². The summed E-state index contributed by atoms with van der Waals surface area (Å²) in [4.78, 5) is 0. The number of benzene rings is 2. The van der Waals surface area contributed by atoms with Gasteiger partial charge >= 0.3 is 0 Å². The topological polar surface area (TPSA) is 38.0 Å². The van der Waals surface area contributed by atoms with Crippen molar-refractivity contribution in [2.24, 2.45) is 0 Å². The lowest BCUT2D eigenvalue weighted by atomic mass is 10.1. The van der Waals surface area contributed by atoms with Gasteiger partial charge in [-0.1, -0.05) is 35.9 Å². The molecule has 3 N–H and O–H groups in total. The molecule has 0 aromatic heterocycles. The van der Waals surface area contributed by atoms with Crippen LogP contribution in [0.5, 0.6) is 0 Å². The van der Waals surface area contributed by atoms with E-state index in [2.05, 4.69) is 24.4 Å². The van der Waals surface area contributed by atoms with E-state index in [1.807, 2.05) is 36.4 Å². The average molecular weight is 275 g/mol. The second kappa shape index (κ2) is 6.60. The molecule has 0 fully saturated rings. The van der Waals surface area contributed by atoms with E-state index in [1.54, 1.807) is 0 Å². The van der Waals surface area contributed by atoms with Gasteiger partial charge < -0.3 is 11.1 Å². The number of hydrogen-bond acceptors (Lipinski definition) is 2. The number of nitrogen functional groups attached to an aromatic ring is 1. The Labute approximate surface area is 119 Å². The van der Waals surface area contributed by atoms with E-state index in [-0.39, 0.29) is 0 Å². The first-order valence-electron chi connectivity index (χ1n) is 6.46. The number of nitrogens with two attached hydrogens (primary N) is 1. The van der Waals surface area contributed by atoms with Crippen LogP contribution in [0.2, 0.25) is 5.02 Å². The van der Waals surface area contributed by atoms with Crippen LogP contribution in [0.1, 0.15) is 18.1 Å². The van der Waals surface area contributed by atoms with Crippen molar-refractivity contribution in [1.29, 1.82) is 0 Å². The van der Waals surface area contributed by atoms with Gasteiger partial charge in [-0.15, -0.1) is 0 Å². The predicted molar refractivity (Wildman–Crippen MR) is 82.3 cm³/mol. The van der Waals surface area contributed by atoms with Crippen molar-refractivity contribution in [2.75, 3.05) is 5.73 Å². The molecule has 2 nitrogen and oxygen atoms in total. The van der Waals surface area contributed by atoms with Crippen molar-refractivity contribution in [1.82, 2.24) is 5.32 Å². The predicted octanol–water partition coefficient (Wildman–Crippen LogP) is 3.64. The van der Waals surface area contributed by atoms with Gasteiger partial charge in [0.05, 0.1) is 0 Å². The van der Waals surface area contributed by atoms with Gasteiger partial charge in [-0.25, -0.2) is 0 Å². The molecule has 0 aliphatic rings. The average Bonchev–Trinajstić information content (AvgIpc) is 2.41. The molecule has 2 aromatic rings. The summed E-state index contributed by atoms with van der Waals surface area (Å²) in [6.45, 7) is 3.04. The molecular formula is C16H19ClN2. The largest absolute Gasteiger partial charge is 0.399 e. The Morgan fingerprint density at radius 1 is 1.00 bits per heavy atom. The zero-order valence-corrected chi connectivity index (χ0v) is 11.8. The van der Waals surface area contributed by atoms with Crippen molar-refractivity contribution >= 4 is 17.3 Å². The van der Waals surface area contributed by atoms with Crippen molar-refractivity contribution in [3.8, 4) is 0 Å². The quantitative estimate of drug-likeness (QED) is 0.817. The Hall–Kier alpha value is -1.51. The van der Waals surface area contributed by atoms with Crippen molar-refractivity contribution in [2.45, 2.75) is 25.9 Å². The van der Waals surface area contributed by atoms with Crippen molar-refractivity contribution < 1.29 is 0 Å². The fourth-order valence-electron chi connectivity index (χ4n) is 1.97. The molecule has 2 aromatic carbocycles. The lowest BCUT2D eigenvalue weighted by molar-refractivity contribution is 0.545. The van der Waals surface area contributed by atoms with Crippen LogP contribution in [0.4, 0.5) is 5.69 Å². The normalized spacial score (nSPS) is 12.3. The van der Waals surface area contributed by atoms with Gasteiger partial charge in [0.1, 0.15) is 0 Å². The Bertz CT molecular complexity index is 505. The molecule has 19 heavy (non-hydrogen) atoms. The molecule has 2 rings (SSSR count). The minimum absolute atomic E-state index is 0.416. The van der Waals surface area contributed by atoms with E-state index in [0.29, 0.717) is 6.04 Å². The molecule has 0 radical (unpaired) electrons. The second-order valence-electron chi connectivity index (χ2n) is 4.85. The summed E-state index contributed by atoms with van der Waals surface area (Å²) in [5, 5.41) is 4.28. The summed E-state index contributed by atoms with van der Waals surface area (Å²) in [5.41, 5.74) is 9.03. The smallest absolute Gasteiger partial charge is 0.0406 e. The van der Waals surface area contributed by atoms with Crippen LogP contribution >= 0.6 is 11.6 Å². The highest BCUT2D eigenvalue weighted by Gasteiger charge is 2.03. The maximum atomic E-state index is 5.86. The maximum Gasteiger partial charge on any atom is 0.0406 e. The fourth-order valence-corrected chi connectivity index (χ4v) is 2.10. The summed E-state index contributed by atoms with van der Waals surface area (Å²) in [6.07, 6.45) is 0.994. The summed E-state index contributed by atoms with van der Waals surface area (Å²) < 4.78 is 0. The van der Waals surface area contributed by atoms with Crippen LogP contribution in [-0.2, 0) is 13.0 Å². The van der Waals surface area contributed by atoms with E-state index in [9.17, 15) is 0 Å². The summed E-state index contributed by atoms with van der Waals surface area (Å²) in [7, 11) is 0. The molecule has 0 aliphatic carbocycles. The van der Waals surface area contributed by atoms with Gasteiger partial charge in [0.25, 0.3) is 0 Å². The van der Waals surface area contributed by atoms with Crippen LogP contribution in [-0.4, -0.2) is 6.04 Å². The molecule has 0 saturated carbocycles. The van der Waals surface area contributed by atoms with Crippen LogP contribution < -0.4 is 11.1 Å². The third-order valence-electron chi connectivity index (χ3n) is 3.09. The highest BCUT2D eigenvalue weighted by atomic mass is 35.5. The molecule has 0 spiro atoms. The molecule has 0 bridgehead atoms. The summed E-state index contributed by atoms with van der Waals surface area (Å²) in [5.74, 6) is 0. The first kappa shape index (κ1) is 13.9. The van der Waals surface area contributed by atoms with Crippen LogP contribution in [0.15, 0.2) is 48.5 Å². The molecule has 0 aliphatic heterocycles. The molecule has 1 atom stereocenters. The fraction of sp³-hybridized carbons (Fsp3) is 0.250. The number of anilines is 1. The lowest BCUT2D eigenvalue weighted by Crippen LogP contribution is -2.27. The van der Waals surface area contributed by atoms with E-state index < -0.39 is 0 Å². The first-order chi connectivity index (χ1) is 9.13. The highest BCUT2D eigenvalue weighted by Crippen LogP contribution is 2.11. The number of halogens is 1. The van der Waals surface area contributed by atoms with E-state index in [0.717, 1.165) is 23.7 Å². The van der Waals surface area contributed by atoms with Gasteiger partial charge in [-0.3, -0.25) is 0 Å². The van der Waals surface area contributed by atoms with Crippen LogP contribution in [0, 0.1) is 0 Å². The zero-order chi connectivity index (χ0) is 13.7. The molecule has 3 heteroatoms. The number of nitrogens with one attached hydrogen (secondary N) is 1. The Kier molecular flexibility index (Phi) is 4.83. The number of rotatable bonds is 5. The SMILES string of the molecule is CC(Cc1ccc(N)cc1)NCc1ccc(Cl)cc1. The second-order valence-corrected chi connectivity index (χ2v) is 5.29. The van der Waals surface area contributed by atoms with Crippen molar-refractivity contribution in [3.05, 3.63) is 64.7 Å². The van der Waals surface area contributed by atoms with Gasteiger partial charge in [-0.2, -0.15) is 0 Å². The monoisotopic (exact) mass is 274 g/mol. The van der Waals surface area contributed by atoms with E-state index in [1.165, 1.54) is 11.1 Å². The van der Waals surface area contributed by atoms with E-state index >= 15 is 0 Å². The minimum atomic E-state index is 0.416. The third-order valence-corrected chi connectivity index (χ3v) is 3.34. The molecule has 0 saturated heterocycles. The maximum absolute atomic E-state index is 5.86. The summed E-state index contributed by atoms with van der Waals surface area (Å²) >= 11 is 5.86. The minimum Gasteiger partial charge on any atom is -0.399 e. The van der Waals surface area contributed by atoms with E-state index in [4.69, 9.17) is 17.3 Å². The van der Waals surface area contributed by atoms with Gasteiger partial charge in [-0.05, 0) is 48.7 Å². The van der Waals surface area contributed by atoms with Gasteiger partial charge in [0, 0.05) is 23.3 Å². The Morgan fingerprint density at radius 2 is 1.58 bits per heavy atom. The van der Waals surface area contributed by atoms with Crippen LogP contribution in [0.3, 0.4) is 0 Å². The van der Waals surface area contributed by atoms with Crippen molar-refractivity contribution in [3.63, 3.8) is 0 Å². The zero-order valence-electron chi connectivity index (χ0n) is 11.1. The molecule has 0 heterocycles. The number of hydrogen-bond donors (Lipinski definition) is 2.